The molecular formula is C28H23N7O. The van der Waals surface area contributed by atoms with Crippen molar-refractivity contribution in [3.05, 3.63) is 98.4 Å². The predicted molar refractivity (Wildman–Crippen MR) is 135 cm³/mol. The van der Waals surface area contributed by atoms with E-state index in [1.165, 1.54) is 5.56 Å². The van der Waals surface area contributed by atoms with Gasteiger partial charge in [0, 0.05) is 30.6 Å². The first kappa shape index (κ1) is 21.7. The average Bonchev–Trinajstić information content (AvgIpc) is 3.31. The van der Waals surface area contributed by atoms with Gasteiger partial charge in [0.1, 0.15) is 16.7 Å². The third kappa shape index (κ3) is 3.62. The second-order valence-corrected chi connectivity index (χ2v) is 8.78. The zero-order chi connectivity index (χ0) is 24.8. The number of H-pyrrole nitrogens is 1. The number of ether oxygens (including phenoxy) is 1. The molecule has 0 amide bonds. The first-order chi connectivity index (χ1) is 17.5. The van der Waals surface area contributed by atoms with Crippen molar-refractivity contribution in [3.8, 4) is 29.5 Å². The van der Waals surface area contributed by atoms with E-state index >= 15 is 0 Å². The topological polar surface area (TPSA) is 93.9 Å². The Balaban J connectivity index is 1.66. The van der Waals surface area contributed by atoms with Crippen LogP contribution in [0.15, 0.2) is 53.6 Å². The molecule has 8 nitrogen and oxygen atoms in total. The van der Waals surface area contributed by atoms with Crippen molar-refractivity contribution in [1.29, 1.82) is 0 Å². The summed E-state index contributed by atoms with van der Waals surface area (Å²) in [5, 5.41) is 2.05. The van der Waals surface area contributed by atoms with Crippen molar-refractivity contribution in [2.75, 3.05) is 0 Å². The smallest absolute Gasteiger partial charge is 0.219 e. The molecule has 5 heterocycles. The van der Waals surface area contributed by atoms with E-state index in [1.54, 1.807) is 12.5 Å². The van der Waals surface area contributed by atoms with Crippen LogP contribution in [0.2, 0.25) is 0 Å². The molecule has 0 aromatic carbocycles. The highest BCUT2D eigenvalue weighted by molar-refractivity contribution is 5.63. The molecule has 2 aromatic rings. The maximum absolute atomic E-state index is 6.15. The molecule has 0 saturated carbocycles. The lowest BCUT2D eigenvalue weighted by molar-refractivity contribution is 0.430. The van der Waals surface area contributed by atoms with Gasteiger partial charge in [-0.2, -0.15) is 0 Å². The number of fused-ring (bicyclic) bond motifs is 2. The number of nitrogens with zero attached hydrogens (tertiary/aromatic N) is 6. The fourth-order valence-electron chi connectivity index (χ4n) is 4.76. The Morgan fingerprint density at radius 2 is 2.03 bits per heavy atom. The minimum Gasteiger partial charge on any atom is -0.439 e. The molecule has 1 N–H and O–H groups in total. The van der Waals surface area contributed by atoms with Crippen molar-refractivity contribution in [3.63, 3.8) is 0 Å². The van der Waals surface area contributed by atoms with Crippen LogP contribution in [0.25, 0.3) is 17.3 Å². The van der Waals surface area contributed by atoms with E-state index in [9.17, 15) is 0 Å². The SMILES string of the molecule is C#Cc1ncc(-c2cc3c(c4c5c([nH]cnc=5n2C)=NC4)CC=C(Oc2cccc(C)n2)C=3)c(C)n1. The molecule has 0 radical (unpaired) electrons. The van der Waals surface area contributed by atoms with Gasteiger partial charge in [-0.15, -0.1) is 6.42 Å². The Hall–Kier alpha value is -4.77. The van der Waals surface area contributed by atoms with Gasteiger partial charge < -0.3 is 14.3 Å². The van der Waals surface area contributed by atoms with Gasteiger partial charge in [0.05, 0.1) is 29.5 Å². The van der Waals surface area contributed by atoms with E-state index in [0.29, 0.717) is 24.7 Å². The van der Waals surface area contributed by atoms with Crippen LogP contribution in [0, 0.1) is 36.9 Å². The number of rotatable bonds is 3. The molecule has 0 unspecified atom stereocenters. The highest BCUT2D eigenvalue weighted by Crippen LogP contribution is 2.23. The van der Waals surface area contributed by atoms with Gasteiger partial charge >= 0.3 is 0 Å². The van der Waals surface area contributed by atoms with E-state index in [0.717, 1.165) is 55.4 Å². The molecule has 8 heteroatoms. The number of aryl methyl sites for hydroxylation is 2. The zero-order valence-electron chi connectivity index (χ0n) is 20.2. The Kier molecular flexibility index (Phi) is 5.11. The third-order valence-electron chi connectivity index (χ3n) is 6.50. The molecule has 3 aliphatic heterocycles. The van der Waals surface area contributed by atoms with Crippen molar-refractivity contribution in [2.24, 2.45) is 12.0 Å². The second kappa shape index (κ2) is 8.47. The van der Waals surface area contributed by atoms with Crippen molar-refractivity contribution >= 4 is 6.08 Å². The number of nitrogens with one attached hydrogen (secondary N) is 1. The van der Waals surface area contributed by atoms with Crippen LogP contribution in [0.3, 0.4) is 0 Å². The summed E-state index contributed by atoms with van der Waals surface area (Å²) in [7, 11) is 2.00. The molecule has 2 aromatic heterocycles. The fourth-order valence-corrected chi connectivity index (χ4v) is 4.76. The van der Waals surface area contributed by atoms with Crippen LogP contribution < -0.4 is 15.4 Å². The van der Waals surface area contributed by atoms with Crippen molar-refractivity contribution < 1.29 is 4.74 Å². The van der Waals surface area contributed by atoms with Crippen LogP contribution in [-0.2, 0) is 20.0 Å². The Morgan fingerprint density at radius 1 is 1.14 bits per heavy atom. The first-order valence-electron chi connectivity index (χ1n) is 11.6. The normalized spacial score (nSPS) is 13.2. The van der Waals surface area contributed by atoms with Crippen molar-refractivity contribution in [1.82, 2.24) is 29.5 Å². The molecule has 0 bridgehead atoms. The van der Waals surface area contributed by atoms with Gasteiger partial charge in [0.15, 0.2) is 0 Å². The quantitative estimate of drug-likeness (QED) is 0.462. The second-order valence-electron chi connectivity index (χ2n) is 8.78. The standard InChI is InChI=1S/C28H23N7O/c1-5-24-29-13-21(17(3)34-24)23-12-18-11-19(36-25-8-6-7-16(2)33-25)9-10-20(18)22-14-30-27-26(22)28(35(23)4)32-15-31-27/h1,6-9,11-13,15H,10,14H2,2-4H3,(H,30,31,32). The number of allylic oxidation sites excluding steroid dienone is 2. The Morgan fingerprint density at radius 3 is 2.83 bits per heavy atom. The van der Waals surface area contributed by atoms with E-state index in [4.69, 9.17) is 21.1 Å². The third-order valence-corrected chi connectivity index (χ3v) is 6.50. The van der Waals surface area contributed by atoms with Gasteiger partial charge in [-0.25, -0.2) is 19.9 Å². The van der Waals surface area contributed by atoms with E-state index < -0.39 is 0 Å². The first-order valence-corrected chi connectivity index (χ1v) is 11.6. The van der Waals surface area contributed by atoms with Crippen LogP contribution in [0.5, 0.6) is 5.88 Å². The summed E-state index contributed by atoms with van der Waals surface area (Å²) >= 11 is 0. The average molecular weight is 474 g/mol. The molecule has 0 atom stereocenters. The lowest BCUT2D eigenvalue weighted by atomic mass is 9.97. The molecule has 4 aliphatic rings. The van der Waals surface area contributed by atoms with Gasteiger partial charge in [0.25, 0.3) is 0 Å². The summed E-state index contributed by atoms with van der Waals surface area (Å²) in [6.07, 6.45) is 13.8. The monoisotopic (exact) mass is 473 g/mol. The van der Waals surface area contributed by atoms with Crippen LogP contribution >= 0.6 is 0 Å². The van der Waals surface area contributed by atoms with Gasteiger partial charge in [0.2, 0.25) is 11.7 Å². The maximum atomic E-state index is 6.15. The van der Waals surface area contributed by atoms with Gasteiger partial charge in [-0.3, -0.25) is 4.99 Å². The summed E-state index contributed by atoms with van der Waals surface area (Å²) in [4.78, 5) is 26.0. The zero-order valence-corrected chi connectivity index (χ0v) is 20.2. The summed E-state index contributed by atoms with van der Waals surface area (Å²) < 4.78 is 8.21. The lowest BCUT2D eigenvalue weighted by Gasteiger charge is -2.16. The van der Waals surface area contributed by atoms with E-state index in [-0.39, 0.29) is 0 Å². The van der Waals surface area contributed by atoms with Gasteiger partial charge in [-0.1, -0.05) is 6.07 Å². The highest BCUT2D eigenvalue weighted by atomic mass is 16.5. The molecular weight excluding hydrogens is 450 g/mol. The number of terminal acetylenes is 1. The van der Waals surface area contributed by atoms with Crippen LogP contribution in [0.1, 0.15) is 28.3 Å². The summed E-state index contributed by atoms with van der Waals surface area (Å²) in [6, 6.07) is 7.89. The fraction of sp³-hybridized carbons (Fsp3) is 0.179. The molecule has 36 heavy (non-hydrogen) atoms. The largest absolute Gasteiger partial charge is 0.439 e. The molecule has 6 rings (SSSR count). The summed E-state index contributed by atoms with van der Waals surface area (Å²) in [6.45, 7) is 4.48. The molecule has 1 aliphatic carbocycles. The molecule has 0 saturated heterocycles. The number of aromatic amines is 1. The van der Waals surface area contributed by atoms with E-state index in [1.807, 2.05) is 39.1 Å². The molecule has 0 fully saturated rings. The van der Waals surface area contributed by atoms with Crippen LogP contribution in [-0.4, -0.2) is 29.5 Å². The number of aromatic nitrogens is 6. The number of pyridine rings is 1. The predicted octanol–water partition coefficient (Wildman–Crippen LogP) is 2.48. The maximum Gasteiger partial charge on any atom is 0.219 e. The Labute approximate surface area is 207 Å². The van der Waals surface area contributed by atoms with Gasteiger partial charge in [-0.05, 0) is 66.8 Å². The lowest BCUT2D eigenvalue weighted by Crippen LogP contribution is -2.20. The van der Waals surface area contributed by atoms with E-state index in [2.05, 4.69) is 48.6 Å². The summed E-state index contributed by atoms with van der Waals surface area (Å²) in [5.74, 6) is 4.19. The molecule has 0 spiro atoms. The van der Waals surface area contributed by atoms with Crippen LogP contribution in [0.4, 0.5) is 0 Å². The molecule has 176 valence electrons. The number of hydrogen-bond donors (Lipinski definition) is 1. The number of hydrogen-bond acceptors (Lipinski definition) is 6. The minimum atomic E-state index is 0.363. The summed E-state index contributed by atoms with van der Waals surface area (Å²) in [5.41, 5.74) is 7.48. The Bertz CT molecular complexity index is 1870. The minimum absolute atomic E-state index is 0.363. The van der Waals surface area contributed by atoms with Crippen molar-refractivity contribution in [2.45, 2.75) is 26.8 Å². The highest BCUT2D eigenvalue weighted by Gasteiger charge is 2.18.